The van der Waals surface area contributed by atoms with Crippen LogP contribution in [0.5, 0.6) is 11.5 Å². The molecule has 0 bridgehead atoms. The highest BCUT2D eigenvalue weighted by Gasteiger charge is 2.69. The molecule has 1 amide bonds. The van der Waals surface area contributed by atoms with Crippen molar-refractivity contribution in [1.82, 2.24) is 10.2 Å². The molecule has 1 spiro atoms. The first-order valence-corrected chi connectivity index (χ1v) is 12.9. The highest BCUT2D eigenvalue weighted by Crippen LogP contribution is 2.62. The zero-order chi connectivity index (χ0) is 27.2. The van der Waals surface area contributed by atoms with Crippen LogP contribution in [0.25, 0.3) is 0 Å². The number of carbonyl (C=O) groups excluding carboxylic acids is 2. The minimum Gasteiger partial charge on any atom is -0.504 e. The molecule has 2 aromatic carbocycles. The average Bonchev–Trinajstić information content (AvgIpc) is 3.28. The SMILES string of the molecule is Cc1ccc(O)c2c1[C@]13CCN(C)[C@H](C)[C@]1(O)CC=C(OC(=O)CCNC(=O)[C@@H](O)c1ccccc1)[C@@H]3O2. The molecule has 5 rings (SSSR count). The molecule has 202 valence electrons. The number of hydrogen-bond acceptors (Lipinski definition) is 8. The van der Waals surface area contributed by atoms with Crippen LogP contribution in [-0.2, 0) is 19.7 Å². The Labute approximate surface area is 221 Å². The van der Waals surface area contributed by atoms with Crippen LogP contribution < -0.4 is 10.1 Å². The van der Waals surface area contributed by atoms with Gasteiger partial charge < -0.3 is 35.0 Å². The summed E-state index contributed by atoms with van der Waals surface area (Å²) in [5.41, 5.74) is -0.0143. The van der Waals surface area contributed by atoms with Crippen molar-refractivity contribution in [3.05, 3.63) is 71.0 Å². The monoisotopic (exact) mass is 522 g/mol. The van der Waals surface area contributed by atoms with Gasteiger partial charge in [-0.2, -0.15) is 0 Å². The lowest BCUT2D eigenvalue weighted by Crippen LogP contribution is -2.71. The maximum absolute atomic E-state index is 12.8. The first kappa shape index (κ1) is 26.2. The van der Waals surface area contributed by atoms with Crippen molar-refractivity contribution in [2.75, 3.05) is 20.1 Å². The summed E-state index contributed by atoms with van der Waals surface area (Å²) in [6.45, 7) is 4.58. The molecule has 1 aliphatic carbocycles. The summed E-state index contributed by atoms with van der Waals surface area (Å²) in [5.74, 6) is -0.592. The predicted molar refractivity (Wildman–Crippen MR) is 138 cm³/mol. The summed E-state index contributed by atoms with van der Waals surface area (Å²) in [6, 6.07) is 11.7. The Kier molecular flexibility index (Phi) is 6.71. The van der Waals surface area contributed by atoms with Crippen LogP contribution in [-0.4, -0.2) is 70.0 Å². The van der Waals surface area contributed by atoms with Crippen LogP contribution in [0.3, 0.4) is 0 Å². The van der Waals surface area contributed by atoms with Gasteiger partial charge in [0.1, 0.15) is 5.76 Å². The number of piperidine rings is 1. The Morgan fingerprint density at radius 1 is 1.24 bits per heavy atom. The number of rotatable bonds is 6. The third-order valence-corrected chi connectivity index (χ3v) is 8.55. The van der Waals surface area contributed by atoms with E-state index in [1.54, 1.807) is 42.5 Å². The van der Waals surface area contributed by atoms with Crippen LogP contribution >= 0.6 is 0 Å². The number of hydrogen-bond donors (Lipinski definition) is 4. The van der Waals surface area contributed by atoms with E-state index in [4.69, 9.17) is 9.47 Å². The van der Waals surface area contributed by atoms with E-state index >= 15 is 0 Å². The fraction of sp³-hybridized carbons (Fsp3) is 0.448. The standard InChI is InChI=1S/C29H34N2O7/c1-17-9-10-20(32)25-23(17)28-14-16-31(3)18(2)29(28,36)13-11-21(26(28)38-25)37-22(33)12-15-30-27(35)24(34)19-7-5-4-6-8-19/h4-11,18,24,26,32,34,36H,12-16H2,1-3H3,(H,30,35)/t18-,24+,26+,28+,29-/m1/s1. The lowest BCUT2D eigenvalue weighted by atomic mass is 9.54. The Bertz CT molecular complexity index is 1280. The number of aliphatic hydroxyl groups excluding tert-OH is 1. The van der Waals surface area contributed by atoms with Crippen molar-refractivity contribution >= 4 is 11.9 Å². The summed E-state index contributed by atoms with van der Waals surface area (Å²) in [4.78, 5) is 27.2. The van der Waals surface area contributed by atoms with Gasteiger partial charge in [-0.1, -0.05) is 36.4 Å². The minimum absolute atomic E-state index is 0.0165. The smallest absolute Gasteiger partial charge is 0.312 e. The maximum Gasteiger partial charge on any atom is 0.312 e. The van der Waals surface area contributed by atoms with E-state index < -0.39 is 35.1 Å². The van der Waals surface area contributed by atoms with E-state index in [1.165, 1.54) is 0 Å². The van der Waals surface area contributed by atoms with Gasteiger partial charge in [-0.3, -0.25) is 9.59 Å². The summed E-state index contributed by atoms with van der Waals surface area (Å²) in [7, 11) is 1.97. The third kappa shape index (κ3) is 3.97. The Hall–Kier alpha value is -3.40. The maximum atomic E-state index is 12.8. The molecule has 1 saturated heterocycles. The van der Waals surface area contributed by atoms with Gasteiger partial charge in [-0.25, -0.2) is 0 Å². The second-order valence-corrected chi connectivity index (χ2v) is 10.5. The zero-order valence-corrected chi connectivity index (χ0v) is 21.8. The fourth-order valence-electron chi connectivity index (χ4n) is 6.36. The number of aryl methyl sites for hydroxylation is 1. The molecule has 2 aliphatic heterocycles. The van der Waals surface area contributed by atoms with E-state index in [9.17, 15) is 24.9 Å². The second kappa shape index (κ2) is 9.72. The number of nitrogens with zero attached hydrogens (tertiary/aromatic N) is 1. The van der Waals surface area contributed by atoms with Crippen molar-refractivity contribution in [3.8, 4) is 11.5 Å². The fourth-order valence-corrected chi connectivity index (χ4v) is 6.36. The number of likely N-dealkylation sites (N-methyl/N-ethyl adjacent to an activating group) is 1. The number of carbonyl (C=O) groups is 2. The predicted octanol–water partition coefficient (Wildman–Crippen LogP) is 2.23. The molecule has 9 nitrogen and oxygen atoms in total. The van der Waals surface area contributed by atoms with Gasteiger partial charge in [0.15, 0.2) is 23.7 Å². The van der Waals surface area contributed by atoms with Gasteiger partial charge >= 0.3 is 5.97 Å². The Balaban J connectivity index is 1.34. The molecule has 2 heterocycles. The van der Waals surface area contributed by atoms with Crippen LogP contribution in [0.2, 0.25) is 0 Å². The van der Waals surface area contributed by atoms with Crippen LogP contribution in [0.4, 0.5) is 0 Å². The highest BCUT2D eigenvalue weighted by molar-refractivity contribution is 5.82. The number of aliphatic hydroxyl groups is 2. The summed E-state index contributed by atoms with van der Waals surface area (Å²) in [6.07, 6.45) is 0.248. The molecule has 3 aliphatic rings. The third-order valence-electron chi connectivity index (χ3n) is 8.55. The number of phenols is 1. The zero-order valence-electron chi connectivity index (χ0n) is 21.8. The first-order valence-electron chi connectivity index (χ1n) is 12.9. The average molecular weight is 523 g/mol. The van der Waals surface area contributed by atoms with Gasteiger partial charge in [0.05, 0.1) is 17.4 Å². The van der Waals surface area contributed by atoms with Crippen molar-refractivity contribution in [2.24, 2.45) is 0 Å². The number of aromatic hydroxyl groups is 1. The first-order chi connectivity index (χ1) is 18.1. The number of likely N-dealkylation sites (tertiary alicyclic amines) is 1. The van der Waals surface area contributed by atoms with E-state index in [0.29, 0.717) is 30.0 Å². The minimum atomic E-state index is -1.33. The number of amides is 1. The molecule has 1 fully saturated rings. The van der Waals surface area contributed by atoms with Crippen molar-refractivity contribution in [1.29, 1.82) is 0 Å². The van der Waals surface area contributed by atoms with Gasteiger partial charge in [0, 0.05) is 24.6 Å². The van der Waals surface area contributed by atoms with E-state index in [1.807, 2.05) is 27.0 Å². The topological polar surface area (TPSA) is 129 Å². The van der Waals surface area contributed by atoms with Crippen molar-refractivity contribution in [2.45, 2.75) is 62.4 Å². The van der Waals surface area contributed by atoms with Crippen LogP contribution in [0.15, 0.2) is 54.3 Å². The molecule has 0 saturated carbocycles. The van der Waals surface area contributed by atoms with E-state index in [0.717, 1.165) is 11.1 Å². The molecule has 0 radical (unpaired) electrons. The largest absolute Gasteiger partial charge is 0.504 e. The van der Waals surface area contributed by atoms with Gasteiger partial charge in [0.25, 0.3) is 5.91 Å². The normalized spacial score (nSPS) is 28.7. The lowest BCUT2D eigenvalue weighted by molar-refractivity contribution is -0.161. The van der Waals surface area contributed by atoms with Crippen molar-refractivity contribution in [3.63, 3.8) is 0 Å². The molecule has 0 aromatic heterocycles. The summed E-state index contributed by atoms with van der Waals surface area (Å²) in [5, 5.41) is 35.6. The van der Waals surface area contributed by atoms with E-state index in [2.05, 4.69) is 10.2 Å². The van der Waals surface area contributed by atoms with Crippen LogP contribution in [0.1, 0.15) is 49.0 Å². The summed E-state index contributed by atoms with van der Waals surface area (Å²) < 4.78 is 12.1. The molecule has 0 unspecified atom stereocenters. The number of ether oxygens (including phenoxy) is 2. The molecule has 4 N–H and O–H groups in total. The number of esters is 1. The lowest BCUT2D eigenvalue weighted by Gasteiger charge is -2.58. The van der Waals surface area contributed by atoms with Crippen molar-refractivity contribution < 1.29 is 34.4 Å². The Morgan fingerprint density at radius 2 is 1.97 bits per heavy atom. The van der Waals surface area contributed by atoms with E-state index in [-0.39, 0.29) is 31.2 Å². The second-order valence-electron chi connectivity index (χ2n) is 10.5. The highest BCUT2D eigenvalue weighted by atomic mass is 16.6. The number of phenolic OH excluding ortho intramolecular Hbond substituents is 1. The Morgan fingerprint density at radius 3 is 2.71 bits per heavy atom. The molecule has 5 atom stereocenters. The quantitative estimate of drug-likeness (QED) is 0.425. The summed E-state index contributed by atoms with van der Waals surface area (Å²) >= 11 is 0. The molecular weight excluding hydrogens is 488 g/mol. The van der Waals surface area contributed by atoms with Gasteiger partial charge in [-0.15, -0.1) is 0 Å². The van der Waals surface area contributed by atoms with Gasteiger partial charge in [-0.05, 0) is 57.1 Å². The molecule has 9 heteroatoms. The molecular formula is C29H34N2O7. The number of benzene rings is 2. The molecule has 38 heavy (non-hydrogen) atoms. The van der Waals surface area contributed by atoms with Crippen LogP contribution in [0, 0.1) is 6.92 Å². The number of fused-ring (bicyclic) bond motifs is 1. The van der Waals surface area contributed by atoms with Gasteiger partial charge in [0.2, 0.25) is 0 Å². The molecule has 2 aromatic rings. The number of nitrogens with one attached hydrogen (secondary N) is 1.